The van der Waals surface area contributed by atoms with Gasteiger partial charge in [-0.15, -0.1) is 11.3 Å². The number of likely N-dealkylation sites (tertiary alicyclic amines) is 1. The van der Waals surface area contributed by atoms with Gasteiger partial charge in [-0.05, 0) is 37.6 Å². The van der Waals surface area contributed by atoms with E-state index < -0.39 is 11.8 Å². The molecule has 200 valence electrons. The normalized spacial score (nSPS) is 19.2. The molecule has 0 radical (unpaired) electrons. The van der Waals surface area contributed by atoms with Crippen molar-refractivity contribution in [1.29, 1.82) is 0 Å². The number of carbonyl (C=O) groups is 1. The molecule has 6 rings (SSSR count). The molecule has 1 N–H and O–H groups in total. The number of carboxylic acid groups (broad SMARTS) is 1. The zero-order valence-corrected chi connectivity index (χ0v) is 21.9. The molecule has 1 aromatic carbocycles. The first kappa shape index (κ1) is 25.4. The van der Waals surface area contributed by atoms with Gasteiger partial charge in [-0.1, -0.05) is 18.2 Å². The molecule has 11 heteroatoms. The highest BCUT2D eigenvalue weighted by atomic mass is 32.1. The summed E-state index contributed by atoms with van der Waals surface area (Å²) in [6.07, 6.45) is 2.06. The fourth-order valence-corrected chi connectivity index (χ4v) is 5.95. The third-order valence-electron chi connectivity index (χ3n) is 7.26. The van der Waals surface area contributed by atoms with Crippen LogP contribution in [0.2, 0.25) is 0 Å². The highest BCUT2D eigenvalue weighted by Crippen LogP contribution is 2.32. The largest absolute Gasteiger partial charge is 0.477 e. The summed E-state index contributed by atoms with van der Waals surface area (Å²) < 4.78 is 27.8. The molecule has 2 fully saturated rings. The molecule has 5 heterocycles. The molecule has 0 spiro atoms. The van der Waals surface area contributed by atoms with Crippen molar-refractivity contribution in [2.75, 3.05) is 19.7 Å². The van der Waals surface area contributed by atoms with E-state index in [1.807, 2.05) is 12.1 Å². The van der Waals surface area contributed by atoms with Crippen LogP contribution in [0.4, 0.5) is 10.1 Å². The summed E-state index contributed by atoms with van der Waals surface area (Å²) in [5.41, 5.74) is 2.41. The van der Waals surface area contributed by atoms with Gasteiger partial charge in [0.15, 0.2) is 5.69 Å². The number of carboxylic acids is 1. The van der Waals surface area contributed by atoms with Gasteiger partial charge in [-0.2, -0.15) is 0 Å². The summed E-state index contributed by atoms with van der Waals surface area (Å²) in [6.45, 7) is 10.8. The topological polar surface area (TPSA) is 94.1 Å². The van der Waals surface area contributed by atoms with E-state index in [9.17, 15) is 14.3 Å². The lowest BCUT2D eigenvalue weighted by Crippen LogP contribution is -2.32. The Balaban J connectivity index is 1.13. The Kier molecular flexibility index (Phi) is 6.99. The minimum Gasteiger partial charge on any atom is -0.477 e. The van der Waals surface area contributed by atoms with E-state index in [0.717, 1.165) is 54.4 Å². The van der Waals surface area contributed by atoms with E-state index in [4.69, 9.17) is 26.0 Å². The van der Waals surface area contributed by atoms with Crippen LogP contribution in [0.5, 0.6) is 5.88 Å². The van der Waals surface area contributed by atoms with Crippen LogP contribution in [-0.2, 0) is 24.4 Å². The predicted octanol–water partition coefficient (Wildman–Crippen LogP) is 5.24. The van der Waals surface area contributed by atoms with Crippen molar-refractivity contribution in [3.63, 3.8) is 0 Å². The van der Waals surface area contributed by atoms with Gasteiger partial charge in [0, 0.05) is 36.4 Å². The van der Waals surface area contributed by atoms with Gasteiger partial charge in [-0.25, -0.2) is 24.0 Å². The number of imidazole rings is 1. The number of halogens is 1. The first-order chi connectivity index (χ1) is 19.0. The van der Waals surface area contributed by atoms with Crippen molar-refractivity contribution in [3.8, 4) is 5.88 Å². The van der Waals surface area contributed by atoms with Gasteiger partial charge >= 0.3 is 5.97 Å². The standard InChI is InChI=1S/C28H26FN5O4S/c1-30-19-6-5-18(21(29)11-19)16-38-26-4-2-3-22(31-26)17-7-9-33(13-17)15-25-32-27-23(12-24(39-27)28(35)36)34(25)14-20-8-10-37-20/h2-6,11-12,17,20H,7-10,13-16H2,(H,35,36). The third-order valence-corrected chi connectivity index (χ3v) is 8.27. The fraction of sp³-hybridized carbons (Fsp3) is 0.357. The van der Waals surface area contributed by atoms with E-state index in [0.29, 0.717) is 29.4 Å². The monoisotopic (exact) mass is 547 g/mol. The van der Waals surface area contributed by atoms with Crippen molar-refractivity contribution in [2.24, 2.45) is 0 Å². The van der Waals surface area contributed by atoms with Crippen LogP contribution in [0.1, 0.15) is 45.5 Å². The van der Waals surface area contributed by atoms with Gasteiger partial charge in [-0.3, -0.25) is 4.90 Å². The predicted molar refractivity (Wildman–Crippen MR) is 143 cm³/mol. The fourth-order valence-electron chi connectivity index (χ4n) is 5.05. The number of benzene rings is 1. The Labute approximate surface area is 228 Å². The molecule has 39 heavy (non-hydrogen) atoms. The molecule has 2 saturated heterocycles. The molecular weight excluding hydrogens is 521 g/mol. The Morgan fingerprint density at radius 2 is 2.13 bits per heavy atom. The van der Waals surface area contributed by atoms with E-state index >= 15 is 0 Å². The van der Waals surface area contributed by atoms with Crippen LogP contribution in [0.25, 0.3) is 15.2 Å². The molecule has 2 aliphatic heterocycles. The van der Waals surface area contributed by atoms with Crippen molar-refractivity contribution in [1.82, 2.24) is 19.4 Å². The lowest BCUT2D eigenvalue weighted by Gasteiger charge is -2.28. The number of thiophene rings is 1. The van der Waals surface area contributed by atoms with Crippen LogP contribution in [0.3, 0.4) is 0 Å². The average molecular weight is 548 g/mol. The second-order valence-corrected chi connectivity index (χ2v) is 10.9. The molecule has 0 aliphatic carbocycles. The number of ether oxygens (including phenoxy) is 2. The second-order valence-electron chi connectivity index (χ2n) is 9.82. The summed E-state index contributed by atoms with van der Waals surface area (Å²) >= 11 is 1.20. The highest BCUT2D eigenvalue weighted by molar-refractivity contribution is 7.20. The highest BCUT2D eigenvalue weighted by Gasteiger charge is 2.29. The average Bonchev–Trinajstić information content (AvgIpc) is 3.61. The number of aromatic nitrogens is 3. The number of nitrogens with zero attached hydrogens (tertiary/aromatic N) is 5. The SMILES string of the molecule is [C-]#[N+]c1ccc(COc2cccc(C3CCN(Cc4nc5sc(C(=O)O)cc5n4CC4CCO4)C3)n2)c(F)c1. The quantitative estimate of drug-likeness (QED) is 0.287. The van der Waals surface area contributed by atoms with Gasteiger partial charge in [0.1, 0.15) is 28.0 Å². The maximum Gasteiger partial charge on any atom is 0.346 e. The maximum absolute atomic E-state index is 14.2. The summed E-state index contributed by atoms with van der Waals surface area (Å²) in [5, 5.41) is 9.41. The van der Waals surface area contributed by atoms with E-state index in [1.54, 1.807) is 24.3 Å². The van der Waals surface area contributed by atoms with Crippen LogP contribution >= 0.6 is 11.3 Å². The smallest absolute Gasteiger partial charge is 0.346 e. The van der Waals surface area contributed by atoms with Crippen molar-refractivity contribution in [2.45, 2.75) is 44.6 Å². The van der Waals surface area contributed by atoms with Crippen molar-refractivity contribution in [3.05, 3.63) is 81.7 Å². The van der Waals surface area contributed by atoms with Gasteiger partial charge in [0.25, 0.3) is 0 Å². The van der Waals surface area contributed by atoms with Crippen molar-refractivity contribution >= 4 is 33.3 Å². The molecule has 0 saturated carbocycles. The third kappa shape index (κ3) is 5.36. The molecule has 2 atom stereocenters. The Morgan fingerprint density at radius 1 is 1.26 bits per heavy atom. The van der Waals surface area contributed by atoms with Crippen LogP contribution in [0.15, 0.2) is 42.5 Å². The second kappa shape index (κ2) is 10.7. The molecule has 2 unspecified atom stereocenters. The number of fused-ring (bicyclic) bond motifs is 1. The number of pyridine rings is 1. The van der Waals surface area contributed by atoms with Gasteiger partial charge in [0.2, 0.25) is 5.88 Å². The summed E-state index contributed by atoms with van der Waals surface area (Å²) in [6, 6.07) is 11.7. The minimum absolute atomic E-state index is 0.0332. The maximum atomic E-state index is 14.2. The summed E-state index contributed by atoms with van der Waals surface area (Å²) in [7, 11) is 0. The lowest BCUT2D eigenvalue weighted by molar-refractivity contribution is -0.0591. The molecule has 4 aromatic rings. The van der Waals surface area contributed by atoms with E-state index in [-0.39, 0.29) is 24.3 Å². The van der Waals surface area contributed by atoms with Crippen LogP contribution in [-0.4, -0.2) is 56.3 Å². The molecule has 9 nitrogen and oxygen atoms in total. The molecule has 0 bridgehead atoms. The summed E-state index contributed by atoms with van der Waals surface area (Å²) in [4.78, 5) is 27.6. The number of hydrogen-bond donors (Lipinski definition) is 1. The molecule has 3 aromatic heterocycles. The molecule has 2 aliphatic rings. The molecule has 0 amide bonds. The molecular formula is C28H26FN5O4S. The van der Waals surface area contributed by atoms with E-state index in [2.05, 4.69) is 14.3 Å². The van der Waals surface area contributed by atoms with Crippen LogP contribution < -0.4 is 4.74 Å². The first-order valence-electron chi connectivity index (χ1n) is 12.8. The van der Waals surface area contributed by atoms with Gasteiger partial charge in [0.05, 0.1) is 31.3 Å². The van der Waals surface area contributed by atoms with Crippen molar-refractivity contribution < 1.29 is 23.8 Å². The Bertz CT molecular complexity index is 1570. The zero-order valence-electron chi connectivity index (χ0n) is 21.0. The van der Waals surface area contributed by atoms with E-state index in [1.165, 1.54) is 17.4 Å². The van der Waals surface area contributed by atoms with Crippen LogP contribution in [0, 0.1) is 12.4 Å². The Morgan fingerprint density at radius 3 is 2.87 bits per heavy atom. The Hall–Kier alpha value is -3.85. The number of hydrogen-bond acceptors (Lipinski definition) is 7. The zero-order chi connectivity index (χ0) is 26.9. The lowest BCUT2D eigenvalue weighted by atomic mass is 10.0. The van der Waals surface area contributed by atoms with Gasteiger partial charge < -0.3 is 19.1 Å². The number of aromatic carboxylic acids is 1. The summed E-state index contributed by atoms with van der Waals surface area (Å²) in [5.74, 6) is 0.176. The number of rotatable bonds is 9. The first-order valence-corrected chi connectivity index (χ1v) is 13.6. The minimum atomic E-state index is -0.935.